The summed E-state index contributed by atoms with van der Waals surface area (Å²) in [6.07, 6.45) is 6.34. The molecule has 1 aliphatic rings. The molecule has 1 aromatic carbocycles. The molecule has 0 spiro atoms. The summed E-state index contributed by atoms with van der Waals surface area (Å²) in [5.74, 6) is 25.7. The van der Waals surface area contributed by atoms with E-state index in [2.05, 4.69) is 114 Å². The molecule has 4 N–H and O–H groups in total. The molecule has 0 amide bonds. The Morgan fingerprint density at radius 2 is 1.03 bits per heavy atom. The van der Waals surface area contributed by atoms with Crippen LogP contribution in [0.1, 0.15) is 68.6 Å². The van der Waals surface area contributed by atoms with Gasteiger partial charge in [-0.25, -0.2) is 15.0 Å². The zero-order chi connectivity index (χ0) is 42.1. The maximum atomic E-state index is 11.0. The third-order valence-electron chi connectivity index (χ3n) is 9.81. The number of carbonyl (C=O) groups is 1. The zero-order valence-electron chi connectivity index (χ0n) is 33.1. The van der Waals surface area contributed by atoms with E-state index < -0.39 is 5.97 Å². The minimum atomic E-state index is -0.813. The highest BCUT2D eigenvalue weighted by atomic mass is 32.1. The van der Waals surface area contributed by atoms with E-state index in [4.69, 9.17) is 5.11 Å². The quantitative estimate of drug-likeness (QED) is 0.132. The molecule has 0 radical (unpaired) electrons. The second kappa shape index (κ2) is 18.1. The first-order valence-electron chi connectivity index (χ1n) is 19.8. The van der Waals surface area contributed by atoms with Gasteiger partial charge < -0.3 is 20.1 Å². The Bertz CT molecular complexity index is 3480. The Labute approximate surface area is 361 Å². The first kappa shape index (κ1) is 38.9. The maximum Gasteiger partial charge on any atom is 0.303 e. The summed E-state index contributed by atoms with van der Waals surface area (Å²) in [5.41, 5.74) is 8.71. The highest BCUT2D eigenvalue weighted by Gasteiger charge is 2.16. The lowest BCUT2D eigenvalue weighted by molar-refractivity contribution is -0.137. The molecule has 9 heteroatoms. The molecule has 62 heavy (non-hydrogen) atoms. The van der Waals surface area contributed by atoms with Crippen LogP contribution < -0.4 is 21.4 Å². The molecule has 0 saturated heterocycles. The molecule has 8 nitrogen and oxygen atoms in total. The fourth-order valence-electron chi connectivity index (χ4n) is 6.82. The average Bonchev–Trinajstić information content (AvgIpc) is 4.16. The van der Waals surface area contributed by atoms with Crippen molar-refractivity contribution in [2.45, 2.75) is 19.3 Å². The normalized spacial score (nSPS) is 11.5. The molecule has 8 aromatic rings. The molecular weight excluding hydrogens is 785 g/mol. The number of rotatable bonds is 4. The van der Waals surface area contributed by atoms with Gasteiger partial charge >= 0.3 is 5.97 Å². The Kier molecular flexibility index (Phi) is 11.4. The number of nitrogens with zero attached hydrogens (tertiary/aromatic N) is 3. The largest absolute Gasteiger partial charge is 0.481 e. The van der Waals surface area contributed by atoms with Gasteiger partial charge in [-0.3, -0.25) is 4.79 Å². The lowest BCUT2D eigenvalue weighted by atomic mass is 10.0. The van der Waals surface area contributed by atoms with Crippen molar-refractivity contribution in [3.05, 3.63) is 217 Å². The highest BCUT2D eigenvalue weighted by Crippen LogP contribution is 2.31. The molecule has 0 atom stereocenters. The van der Waals surface area contributed by atoms with E-state index in [9.17, 15) is 4.79 Å². The summed E-state index contributed by atoms with van der Waals surface area (Å²) in [6, 6.07) is 41.7. The number of hydrogen-bond donors (Lipinski definition) is 4. The lowest BCUT2D eigenvalue weighted by Crippen LogP contribution is -2.17. The summed E-state index contributed by atoms with van der Waals surface area (Å²) in [5, 5.41) is 12.3. The van der Waals surface area contributed by atoms with E-state index in [-0.39, 0.29) is 6.42 Å². The van der Waals surface area contributed by atoms with Gasteiger partial charge in [0.05, 0.1) is 44.2 Å². The van der Waals surface area contributed by atoms with E-state index in [1.165, 1.54) is 0 Å². The molecule has 8 bridgehead atoms. The topological polar surface area (TPSA) is 123 Å². The van der Waals surface area contributed by atoms with Crippen LogP contribution in [0.15, 0.2) is 146 Å². The van der Waals surface area contributed by atoms with E-state index in [0.29, 0.717) is 29.9 Å². The molecule has 0 fully saturated rings. The number of H-pyrrole nitrogens is 3. The van der Waals surface area contributed by atoms with Crippen molar-refractivity contribution in [3.8, 4) is 47.4 Å². The van der Waals surface area contributed by atoms with Crippen LogP contribution >= 0.6 is 11.3 Å². The number of unbranched alkanes of at least 4 members (excludes halogenated alkanes) is 1. The van der Waals surface area contributed by atoms with Crippen molar-refractivity contribution < 1.29 is 9.90 Å². The molecule has 0 unspecified atom stereocenters. The molecule has 8 heterocycles. The second-order valence-electron chi connectivity index (χ2n) is 14.0. The van der Waals surface area contributed by atoms with Crippen molar-refractivity contribution in [2.24, 2.45) is 0 Å². The van der Waals surface area contributed by atoms with Crippen molar-refractivity contribution in [3.63, 3.8) is 0 Å². The fourth-order valence-corrected chi connectivity index (χ4v) is 7.92. The van der Waals surface area contributed by atoms with Crippen LogP contribution in [-0.2, 0) is 4.79 Å². The monoisotopic (exact) mass is 818 g/mol. The van der Waals surface area contributed by atoms with Gasteiger partial charge in [0.25, 0.3) is 0 Å². The lowest BCUT2D eigenvalue weighted by Gasteiger charge is -2.06. The Morgan fingerprint density at radius 1 is 0.516 bits per heavy atom. The number of aromatic amines is 3. The average molecular weight is 819 g/mol. The Hall–Kier alpha value is -8.60. The minimum Gasteiger partial charge on any atom is -0.481 e. The molecule has 294 valence electrons. The van der Waals surface area contributed by atoms with Gasteiger partial charge in [0.2, 0.25) is 0 Å². The number of aliphatic carboxylic acids is 1. The van der Waals surface area contributed by atoms with Crippen LogP contribution in [0.3, 0.4) is 0 Å². The molecule has 7 aromatic heterocycles. The number of nitrogens with one attached hydrogen (secondary N) is 3. The van der Waals surface area contributed by atoms with Crippen molar-refractivity contribution >= 4 is 39.6 Å². The SMILES string of the molecule is O=C(O)CCCC#Cc1ccc(C2=c3ccc([nH]3)=C(C#Cc3ccccn3)c3ccc([nH]3)C(C#Cc3ccccn3)=c3ccc([nH]3)=C(C#Cc3ccccn3)c3ccc2s3)cc1. The van der Waals surface area contributed by atoms with Crippen LogP contribution in [0, 0.1) is 47.4 Å². The van der Waals surface area contributed by atoms with Crippen LogP contribution in [0.25, 0.3) is 22.3 Å². The Balaban J connectivity index is 1.29. The smallest absolute Gasteiger partial charge is 0.303 e. The number of aromatic nitrogens is 6. The molecule has 9 rings (SSSR count). The molecule has 0 aliphatic carbocycles. The van der Waals surface area contributed by atoms with Gasteiger partial charge in [-0.1, -0.05) is 59.9 Å². The maximum absolute atomic E-state index is 11.0. The third-order valence-corrected chi connectivity index (χ3v) is 10.9. The molecular formula is C53H34N6O2S. The third kappa shape index (κ3) is 9.01. The van der Waals surface area contributed by atoms with Crippen LogP contribution in [0.2, 0.25) is 0 Å². The first-order valence-corrected chi connectivity index (χ1v) is 20.6. The van der Waals surface area contributed by atoms with Gasteiger partial charge in [0.1, 0.15) is 17.1 Å². The van der Waals surface area contributed by atoms with E-state index >= 15 is 0 Å². The Morgan fingerprint density at radius 3 is 1.58 bits per heavy atom. The minimum absolute atomic E-state index is 0.103. The van der Waals surface area contributed by atoms with Gasteiger partial charge in [-0.05, 0) is 127 Å². The fraction of sp³-hybridized carbons (Fsp3) is 0.0566. The first-order chi connectivity index (χ1) is 30.5. The van der Waals surface area contributed by atoms with E-state index in [1.54, 1.807) is 29.9 Å². The van der Waals surface area contributed by atoms with Gasteiger partial charge in [-0.15, -0.1) is 11.3 Å². The predicted octanol–water partition coefficient (Wildman–Crippen LogP) is 5.84. The number of benzene rings is 1. The van der Waals surface area contributed by atoms with Crippen molar-refractivity contribution in [2.75, 3.05) is 0 Å². The highest BCUT2D eigenvalue weighted by molar-refractivity contribution is 7.14. The van der Waals surface area contributed by atoms with Crippen LogP contribution in [0.5, 0.6) is 0 Å². The summed E-state index contributed by atoms with van der Waals surface area (Å²) in [6.45, 7) is 0. The van der Waals surface area contributed by atoms with Gasteiger partial charge in [-0.2, -0.15) is 0 Å². The summed E-state index contributed by atoms with van der Waals surface area (Å²) >= 11 is 1.64. The number of pyridine rings is 3. The summed E-state index contributed by atoms with van der Waals surface area (Å²) in [4.78, 5) is 37.4. The van der Waals surface area contributed by atoms with Gasteiger partial charge in [0, 0.05) is 57.7 Å². The van der Waals surface area contributed by atoms with Crippen molar-refractivity contribution in [1.82, 2.24) is 29.9 Å². The zero-order valence-corrected chi connectivity index (χ0v) is 33.9. The summed E-state index contributed by atoms with van der Waals surface area (Å²) < 4.78 is 0. The predicted molar refractivity (Wildman–Crippen MR) is 242 cm³/mol. The van der Waals surface area contributed by atoms with Crippen LogP contribution in [0.4, 0.5) is 0 Å². The number of carboxylic acid groups (broad SMARTS) is 1. The number of thiophene rings is 1. The van der Waals surface area contributed by atoms with Crippen LogP contribution in [-0.4, -0.2) is 41.0 Å². The number of fused-ring (bicyclic) bond motifs is 8. The number of hydrogen-bond acceptors (Lipinski definition) is 5. The van der Waals surface area contributed by atoms with Crippen molar-refractivity contribution in [1.29, 1.82) is 0 Å². The second-order valence-corrected chi connectivity index (χ2v) is 15.1. The standard InChI is InChI=1S/C53H34N6O2S/c60-52(61)14-3-1-2-10-36-15-17-37(18-16-36)53-49-30-29-47(59-49)42(23-20-39-12-5-8-34-55-39)45-26-25-44(57-45)41(22-19-38-11-4-7-33-54-38)46-27-28-48(58-46)43(50-31-32-51(53)62-50)24-21-40-13-6-9-35-56-40/h4-9,11-13,15-18,25-35,57-59H,1,3,14H2,(H,60,61). The van der Waals surface area contributed by atoms with E-state index in [0.717, 1.165) is 76.0 Å². The van der Waals surface area contributed by atoms with E-state index in [1.807, 2.05) is 91.0 Å². The van der Waals surface area contributed by atoms with Gasteiger partial charge in [0.15, 0.2) is 0 Å². The molecule has 0 saturated carbocycles. The number of carboxylic acids is 1. The molecule has 1 aliphatic heterocycles. The summed E-state index contributed by atoms with van der Waals surface area (Å²) in [7, 11) is 0.